The van der Waals surface area contributed by atoms with E-state index in [9.17, 15) is 24.3 Å². The molecular formula is C16H9NO6. The Labute approximate surface area is 129 Å². The van der Waals surface area contributed by atoms with Crippen LogP contribution in [0.4, 0.5) is 0 Å². The SMILES string of the molecule is O=C(O)c1ccc(-c2ccc3c(c2)C(=O)NC3=O)c(C(=O)O)c1. The number of carbonyl (C=O) groups excluding carboxylic acids is 2. The lowest BCUT2D eigenvalue weighted by Crippen LogP contribution is -2.19. The molecule has 0 fully saturated rings. The number of hydrogen-bond acceptors (Lipinski definition) is 4. The normalized spacial score (nSPS) is 12.7. The predicted octanol–water partition coefficient (Wildman–Crippen LogP) is 1.63. The zero-order valence-electron chi connectivity index (χ0n) is 11.5. The molecule has 23 heavy (non-hydrogen) atoms. The van der Waals surface area contributed by atoms with Gasteiger partial charge in [-0.1, -0.05) is 12.1 Å². The van der Waals surface area contributed by atoms with E-state index in [0.717, 1.165) is 6.07 Å². The van der Waals surface area contributed by atoms with Crippen LogP contribution < -0.4 is 5.32 Å². The van der Waals surface area contributed by atoms with Gasteiger partial charge in [-0.2, -0.15) is 0 Å². The smallest absolute Gasteiger partial charge is 0.336 e. The highest BCUT2D eigenvalue weighted by Gasteiger charge is 2.27. The third kappa shape index (κ3) is 2.34. The van der Waals surface area contributed by atoms with Gasteiger partial charge >= 0.3 is 11.9 Å². The lowest BCUT2D eigenvalue weighted by Gasteiger charge is -2.08. The molecular weight excluding hydrogens is 302 g/mol. The van der Waals surface area contributed by atoms with Crippen LogP contribution in [0.25, 0.3) is 11.1 Å². The molecule has 1 aliphatic rings. The molecule has 0 radical (unpaired) electrons. The van der Waals surface area contributed by atoms with E-state index >= 15 is 0 Å². The fourth-order valence-electron chi connectivity index (χ4n) is 2.44. The van der Waals surface area contributed by atoms with E-state index in [1.54, 1.807) is 0 Å². The molecule has 2 aromatic rings. The largest absolute Gasteiger partial charge is 0.478 e. The van der Waals surface area contributed by atoms with Crippen LogP contribution in [0.5, 0.6) is 0 Å². The van der Waals surface area contributed by atoms with Crippen LogP contribution in [0.2, 0.25) is 0 Å². The molecule has 0 bridgehead atoms. The zero-order chi connectivity index (χ0) is 16.7. The van der Waals surface area contributed by atoms with E-state index in [1.165, 1.54) is 30.3 Å². The Morgan fingerprint density at radius 1 is 0.783 bits per heavy atom. The molecule has 0 atom stereocenters. The van der Waals surface area contributed by atoms with E-state index in [-0.39, 0.29) is 27.8 Å². The van der Waals surface area contributed by atoms with E-state index in [1.807, 2.05) is 0 Å². The summed E-state index contributed by atoms with van der Waals surface area (Å²) in [7, 11) is 0. The standard InChI is InChI=1S/C16H9NO6/c18-13-10-4-1-7(5-11(10)14(19)17-13)9-3-2-8(15(20)21)6-12(9)16(22)23/h1-6H,(H,20,21)(H,22,23)(H,17,18,19). The van der Waals surface area contributed by atoms with Crippen LogP contribution in [-0.4, -0.2) is 34.0 Å². The van der Waals surface area contributed by atoms with Gasteiger partial charge in [0.05, 0.1) is 22.3 Å². The maximum Gasteiger partial charge on any atom is 0.336 e. The van der Waals surface area contributed by atoms with Crippen LogP contribution in [0, 0.1) is 0 Å². The second-order valence-electron chi connectivity index (χ2n) is 4.91. The number of carboxylic acid groups (broad SMARTS) is 2. The number of imide groups is 1. The summed E-state index contributed by atoms with van der Waals surface area (Å²) in [5, 5.41) is 20.4. The molecule has 0 aliphatic carbocycles. The highest BCUT2D eigenvalue weighted by Crippen LogP contribution is 2.28. The second kappa shape index (κ2) is 5.06. The summed E-state index contributed by atoms with van der Waals surface area (Å²) in [6.45, 7) is 0. The van der Waals surface area contributed by atoms with Crippen molar-refractivity contribution in [3.63, 3.8) is 0 Å². The summed E-state index contributed by atoms with van der Waals surface area (Å²) in [5.41, 5.74) is 0.694. The molecule has 0 spiro atoms. The first-order valence-corrected chi connectivity index (χ1v) is 6.49. The molecule has 0 saturated carbocycles. The van der Waals surface area contributed by atoms with E-state index in [0.29, 0.717) is 5.56 Å². The number of carbonyl (C=O) groups is 4. The van der Waals surface area contributed by atoms with Gasteiger partial charge in [0, 0.05) is 0 Å². The van der Waals surface area contributed by atoms with Crippen molar-refractivity contribution < 1.29 is 29.4 Å². The van der Waals surface area contributed by atoms with Crippen molar-refractivity contribution in [1.82, 2.24) is 5.32 Å². The molecule has 1 heterocycles. The molecule has 1 aliphatic heterocycles. The highest BCUT2D eigenvalue weighted by molar-refractivity contribution is 6.22. The Morgan fingerprint density at radius 2 is 1.43 bits per heavy atom. The fourth-order valence-corrected chi connectivity index (χ4v) is 2.44. The molecule has 2 aromatic carbocycles. The summed E-state index contributed by atoms with van der Waals surface area (Å²) in [4.78, 5) is 45.6. The van der Waals surface area contributed by atoms with Gasteiger partial charge in [-0.3, -0.25) is 14.9 Å². The number of amides is 2. The molecule has 7 heteroatoms. The van der Waals surface area contributed by atoms with Gasteiger partial charge in [-0.25, -0.2) is 9.59 Å². The minimum atomic E-state index is -1.29. The Balaban J connectivity index is 2.18. The van der Waals surface area contributed by atoms with Crippen LogP contribution in [0.1, 0.15) is 41.4 Å². The van der Waals surface area contributed by atoms with Gasteiger partial charge in [0.1, 0.15) is 0 Å². The van der Waals surface area contributed by atoms with Crippen molar-refractivity contribution >= 4 is 23.8 Å². The number of rotatable bonds is 3. The number of benzene rings is 2. The van der Waals surface area contributed by atoms with Crippen molar-refractivity contribution in [2.45, 2.75) is 0 Å². The molecule has 114 valence electrons. The van der Waals surface area contributed by atoms with Crippen molar-refractivity contribution in [2.75, 3.05) is 0 Å². The van der Waals surface area contributed by atoms with E-state index < -0.39 is 23.8 Å². The van der Waals surface area contributed by atoms with Gasteiger partial charge in [0.2, 0.25) is 0 Å². The van der Waals surface area contributed by atoms with E-state index in [4.69, 9.17) is 5.11 Å². The third-order valence-corrected chi connectivity index (χ3v) is 3.54. The van der Waals surface area contributed by atoms with E-state index in [2.05, 4.69) is 5.32 Å². The van der Waals surface area contributed by atoms with Crippen LogP contribution in [0.15, 0.2) is 36.4 Å². The Morgan fingerprint density at radius 3 is 2.09 bits per heavy atom. The maximum absolute atomic E-state index is 11.7. The topological polar surface area (TPSA) is 121 Å². The molecule has 7 nitrogen and oxygen atoms in total. The number of nitrogens with one attached hydrogen (secondary N) is 1. The summed E-state index contributed by atoms with van der Waals surface area (Å²) >= 11 is 0. The van der Waals surface area contributed by atoms with Crippen LogP contribution >= 0.6 is 0 Å². The zero-order valence-corrected chi connectivity index (χ0v) is 11.5. The van der Waals surface area contributed by atoms with Gasteiger partial charge in [-0.05, 0) is 35.4 Å². The maximum atomic E-state index is 11.7. The monoisotopic (exact) mass is 311 g/mol. The summed E-state index contributed by atoms with van der Waals surface area (Å²) in [6.07, 6.45) is 0. The van der Waals surface area contributed by atoms with Gasteiger partial charge in [-0.15, -0.1) is 0 Å². The first-order chi connectivity index (χ1) is 10.9. The molecule has 2 amide bonds. The first-order valence-electron chi connectivity index (χ1n) is 6.49. The number of aromatic carboxylic acids is 2. The molecule has 3 N–H and O–H groups in total. The number of carboxylic acids is 2. The lowest BCUT2D eigenvalue weighted by atomic mass is 9.95. The van der Waals surface area contributed by atoms with Crippen LogP contribution in [0.3, 0.4) is 0 Å². The predicted molar refractivity (Wildman–Crippen MR) is 77.6 cm³/mol. The number of fused-ring (bicyclic) bond motifs is 1. The van der Waals surface area contributed by atoms with Gasteiger partial charge in [0.15, 0.2) is 0 Å². The van der Waals surface area contributed by atoms with Crippen molar-refractivity contribution in [3.8, 4) is 11.1 Å². The average molecular weight is 311 g/mol. The van der Waals surface area contributed by atoms with Gasteiger partial charge < -0.3 is 10.2 Å². The minimum Gasteiger partial charge on any atom is -0.478 e. The lowest BCUT2D eigenvalue weighted by molar-refractivity contribution is 0.0696. The van der Waals surface area contributed by atoms with Crippen LogP contribution in [-0.2, 0) is 0 Å². The molecule has 0 aromatic heterocycles. The summed E-state index contributed by atoms with van der Waals surface area (Å²) in [6, 6.07) is 8.06. The van der Waals surface area contributed by atoms with Gasteiger partial charge in [0.25, 0.3) is 11.8 Å². The Hall–Kier alpha value is -3.48. The summed E-state index contributed by atoms with van der Waals surface area (Å²) in [5.74, 6) is -3.58. The minimum absolute atomic E-state index is 0.153. The second-order valence-corrected chi connectivity index (χ2v) is 4.91. The average Bonchev–Trinajstić information content (AvgIpc) is 2.80. The van der Waals surface area contributed by atoms with Crippen molar-refractivity contribution in [2.24, 2.45) is 0 Å². The molecule has 0 unspecified atom stereocenters. The Kier molecular flexibility index (Phi) is 3.18. The Bertz CT molecular complexity index is 899. The third-order valence-electron chi connectivity index (χ3n) is 3.54. The summed E-state index contributed by atoms with van der Waals surface area (Å²) < 4.78 is 0. The fraction of sp³-hybridized carbons (Fsp3) is 0. The molecule has 3 rings (SSSR count). The van der Waals surface area contributed by atoms with Crippen molar-refractivity contribution in [1.29, 1.82) is 0 Å². The van der Waals surface area contributed by atoms with Crippen molar-refractivity contribution in [3.05, 3.63) is 58.7 Å². The number of hydrogen-bond donors (Lipinski definition) is 3. The quantitative estimate of drug-likeness (QED) is 0.741. The first kappa shape index (κ1) is 14.5. The highest BCUT2D eigenvalue weighted by atomic mass is 16.4. The molecule has 0 saturated heterocycles.